The molecule has 3 aromatic carbocycles. The van der Waals surface area contributed by atoms with Crippen LogP contribution in [0.25, 0.3) is 22.5 Å². The van der Waals surface area contributed by atoms with Crippen molar-refractivity contribution in [2.75, 3.05) is 19.7 Å². The number of ether oxygens (including phenoxy) is 1. The maximum absolute atomic E-state index is 13.7. The zero-order valence-electron chi connectivity index (χ0n) is 30.2. The van der Waals surface area contributed by atoms with Crippen LogP contribution in [0.4, 0.5) is 0 Å². The SMILES string of the molecule is CCCCCCCOc1ccc(-c2cnc(-c3ccc(CC(NC(=O)c4ccc(C(C)(C)C#N)cc4)C(=O)N4CCC(C(=O)O)C4)cc3)nc2)cc1. The van der Waals surface area contributed by atoms with Gasteiger partial charge >= 0.3 is 5.97 Å². The number of carboxylic acid groups (broad SMARTS) is 1. The number of unbranched alkanes of at least 4 members (excludes halogenated alkanes) is 4. The fourth-order valence-electron chi connectivity index (χ4n) is 6.22. The van der Waals surface area contributed by atoms with Crippen molar-refractivity contribution < 1.29 is 24.2 Å². The standard InChI is InChI=1S/C42H47N5O5/c1-4-5-6-7-8-23-52-36-19-15-30(16-20-36)34-25-44-38(45-26-34)31-11-9-29(10-12-31)24-37(40(49)47-22-21-33(27-47)41(50)51)46-39(48)32-13-17-35(18-14-32)42(2,3)28-43/h9-20,25-26,33,37H,4-8,21-24,27H2,1-3H3,(H,46,48)(H,50,51). The van der Waals surface area contributed by atoms with E-state index in [1.807, 2.05) is 48.5 Å². The summed E-state index contributed by atoms with van der Waals surface area (Å²) in [5.74, 6) is -0.930. The van der Waals surface area contributed by atoms with Crippen LogP contribution in [0, 0.1) is 17.2 Å². The van der Waals surface area contributed by atoms with Gasteiger partial charge in [-0.2, -0.15) is 5.26 Å². The van der Waals surface area contributed by atoms with Crippen molar-refractivity contribution in [3.05, 3.63) is 102 Å². The Labute approximate surface area is 305 Å². The normalized spacial score (nSPS) is 14.7. The number of carbonyl (C=O) groups is 3. The van der Waals surface area contributed by atoms with Gasteiger partial charge in [-0.1, -0.05) is 81.1 Å². The van der Waals surface area contributed by atoms with Crippen molar-refractivity contribution in [3.63, 3.8) is 0 Å². The molecule has 1 fully saturated rings. The molecular formula is C42H47N5O5. The zero-order chi connectivity index (χ0) is 37.1. The summed E-state index contributed by atoms with van der Waals surface area (Å²) in [7, 11) is 0. The Morgan fingerprint density at radius 2 is 1.58 bits per heavy atom. The van der Waals surface area contributed by atoms with Crippen LogP contribution in [-0.2, 0) is 21.4 Å². The van der Waals surface area contributed by atoms with Crippen molar-refractivity contribution in [2.24, 2.45) is 5.92 Å². The first-order valence-corrected chi connectivity index (χ1v) is 18.1. The van der Waals surface area contributed by atoms with Crippen molar-refractivity contribution >= 4 is 17.8 Å². The fourth-order valence-corrected chi connectivity index (χ4v) is 6.22. The highest BCUT2D eigenvalue weighted by Gasteiger charge is 2.35. The second-order valence-corrected chi connectivity index (χ2v) is 13.9. The number of carboxylic acids is 1. The smallest absolute Gasteiger partial charge is 0.308 e. The molecule has 52 heavy (non-hydrogen) atoms. The molecule has 4 aromatic rings. The Balaban J connectivity index is 1.24. The molecule has 1 saturated heterocycles. The molecule has 0 bridgehead atoms. The number of hydrogen-bond donors (Lipinski definition) is 2. The highest BCUT2D eigenvalue weighted by Crippen LogP contribution is 2.25. The third-order valence-corrected chi connectivity index (χ3v) is 9.61. The number of rotatable bonds is 16. The number of nitriles is 1. The van der Waals surface area contributed by atoms with Gasteiger partial charge in [0, 0.05) is 48.6 Å². The summed E-state index contributed by atoms with van der Waals surface area (Å²) in [5, 5.41) is 21.8. The number of hydrogen-bond acceptors (Lipinski definition) is 7. The quantitative estimate of drug-likeness (QED) is 0.116. The molecule has 2 atom stereocenters. The minimum atomic E-state index is -0.937. The van der Waals surface area contributed by atoms with Gasteiger partial charge in [-0.15, -0.1) is 0 Å². The highest BCUT2D eigenvalue weighted by molar-refractivity contribution is 5.97. The predicted octanol–water partition coefficient (Wildman–Crippen LogP) is 7.24. The van der Waals surface area contributed by atoms with Crippen LogP contribution in [0.3, 0.4) is 0 Å². The maximum Gasteiger partial charge on any atom is 0.308 e. The third-order valence-electron chi connectivity index (χ3n) is 9.61. The van der Waals surface area contributed by atoms with Gasteiger partial charge in [0.05, 0.1) is 24.0 Å². The van der Waals surface area contributed by atoms with Gasteiger partial charge in [-0.05, 0) is 67.6 Å². The maximum atomic E-state index is 13.7. The lowest BCUT2D eigenvalue weighted by molar-refractivity contribution is -0.141. The summed E-state index contributed by atoms with van der Waals surface area (Å²) in [6.07, 6.45) is 10.1. The van der Waals surface area contributed by atoms with E-state index in [1.165, 1.54) is 30.6 Å². The molecule has 0 spiro atoms. The number of aliphatic carboxylic acids is 1. The number of amides is 2. The second-order valence-electron chi connectivity index (χ2n) is 13.9. The number of likely N-dealkylation sites (tertiary alicyclic amines) is 1. The van der Waals surface area contributed by atoms with Crippen LogP contribution in [0.2, 0.25) is 0 Å². The number of nitrogens with one attached hydrogen (secondary N) is 1. The topological polar surface area (TPSA) is 146 Å². The minimum Gasteiger partial charge on any atom is -0.494 e. The molecule has 2 N–H and O–H groups in total. The van der Waals surface area contributed by atoms with Gasteiger partial charge < -0.3 is 20.1 Å². The lowest BCUT2D eigenvalue weighted by atomic mass is 9.86. The molecule has 2 unspecified atom stereocenters. The number of carbonyl (C=O) groups excluding carboxylic acids is 2. The van der Waals surface area contributed by atoms with E-state index in [9.17, 15) is 24.8 Å². The van der Waals surface area contributed by atoms with Gasteiger partial charge in [0.2, 0.25) is 5.91 Å². The van der Waals surface area contributed by atoms with Crippen molar-refractivity contribution in [2.45, 2.75) is 77.2 Å². The summed E-state index contributed by atoms with van der Waals surface area (Å²) >= 11 is 0. The molecule has 1 aliphatic heterocycles. The molecule has 1 aliphatic rings. The first kappa shape index (κ1) is 37.7. The largest absolute Gasteiger partial charge is 0.494 e. The molecule has 1 aromatic heterocycles. The Morgan fingerprint density at radius 1 is 0.923 bits per heavy atom. The Morgan fingerprint density at radius 3 is 2.19 bits per heavy atom. The van der Waals surface area contributed by atoms with E-state index in [4.69, 9.17) is 4.74 Å². The van der Waals surface area contributed by atoms with E-state index in [2.05, 4.69) is 28.3 Å². The third kappa shape index (κ3) is 9.81. The molecular weight excluding hydrogens is 654 g/mol. The second kappa shape index (κ2) is 17.6. The van der Waals surface area contributed by atoms with E-state index in [0.717, 1.165) is 46.6 Å². The molecule has 2 heterocycles. The summed E-state index contributed by atoms with van der Waals surface area (Å²) in [6.45, 7) is 6.94. The molecule has 270 valence electrons. The van der Waals surface area contributed by atoms with Crippen LogP contribution >= 0.6 is 0 Å². The van der Waals surface area contributed by atoms with Gasteiger partial charge in [-0.25, -0.2) is 9.97 Å². The first-order chi connectivity index (χ1) is 25.1. The summed E-state index contributed by atoms with van der Waals surface area (Å²) in [5.41, 5.74) is 3.91. The number of benzene rings is 3. The Hall–Kier alpha value is -5.56. The number of aromatic nitrogens is 2. The van der Waals surface area contributed by atoms with E-state index in [1.54, 1.807) is 50.5 Å². The molecule has 0 aliphatic carbocycles. The van der Waals surface area contributed by atoms with Crippen LogP contribution in [-0.4, -0.2) is 63.5 Å². The average molecular weight is 702 g/mol. The van der Waals surface area contributed by atoms with Crippen molar-refractivity contribution in [3.8, 4) is 34.3 Å². The van der Waals surface area contributed by atoms with Gasteiger partial charge in [0.1, 0.15) is 11.8 Å². The van der Waals surface area contributed by atoms with Gasteiger partial charge in [0.25, 0.3) is 5.91 Å². The fraction of sp³-hybridized carbons (Fsp3) is 0.381. The summed E-state index contributed by atoms with van der Waals surface area (Å²) in [4.78, 5) is 49.4. The van der Waals surface area contributed by atoms with Crippen LogP contribution in [0.15, 0.2) is 85.2 Å². The molecule has 0 saturated carbocycles. The van der Waals surface area contributed by atoms with Crippen LogP contribution in [0.1, 0.15) is 80.8 Å². The number of nitrogens with zero attached hydrogens (tertiary/aromatic N) is 4. The Bertz CT molecular complexity index is 1850. The van der Waals surface area contributed by atoms with Crippen LogP contribution < -0.4 is 10.1 Å². The molecule has 10 heteroatoms. The van der Waals surface area contributed by atoms with Gasteiger partial charge in [-0.3, -0.25) is 14.4 Å². The molecule has 2 amide bonds. The van der Waals surface area contributed by atoms with E-state index in [-0.39, 0.29) is 18.9 Å². The lowest BCUT2D eigenvalue weighted by Crippen LogP contribution is -2.49. The van der Waals surface area contributed by atoms with E-state index in [0.29, 0.717) is 24.4 Å². The molecule has 10 nitrogen and oxygen atoms in total. The van der Waals surface area contributed by atoms with Crippen LogP contribution in [0.5, 0.6) is 5.75 Å². The first-order valence-electron chi connectivity index (χ1n) is 18.1. The molecule has 5 rings (SSSR count). The predicted molar refractivity (Wildman–Crippen MR) is 200 cm³/mol. The zero-order valence-corrected chi connectivity index (χ0v) is 30.2. The molecule has 0 radical (unpaired) electrons. The average Bonchev–Trinajstić information content (AvgIpc) is 3.67. The minimum absolute atomic E-state index is 0.0991. The lowest BCUT2D eigenvalue weighted by Gasteiger charge is -2.25. The van der Waals surface area contributed by atoms with Gasteiger partial charge in [0.15, 0.2) is 5.82 Å². The summed E-state index contributed by atoms with van der Waals surface area (Å²) < 4.78 is 5.89. The van der Waals surface area contributed by atoms with E-state index >= 15 is 0 Å². The highest BCUT2D eigenvalue weighted by atomic mass is 16.5. The monoisotopic (exact) mass is 701 g/mol. The van der Waals surface area contributed by atoms with Crippen molar-refractivity contribution in [1.29, 1.82) is 5.26 Å². The Kier molecular flexibility index (Phi) is 12.7. The summed E-state index contributed by atoms with van der Waals surface area (Å²) in [6, 6.07) is 23.6. The van der Waals surface area contributed by atoms with Crippen molar-refractivity contribution in [1.82, 2.24) is 20.2 Å². The van der Waals surface area contributed by atoms with E-state index < -0.39 is 29.3 Å².